The summed E-state index contributed by atoms with van der Waals surface area (Å²) in [5.74, 6) is 0.562. The molecule has 2 N–H and O–H groups in total. The molecule has 0 fully saturated rings. The van der Waals surface area contributed by atoms with Crippen LogP contribution < -0.4 is 5.32 Å². The van der Waals surface area contributed by atoms with Crippen LogP contribution in [-0.4, -0.2) is 28.8 Å². The van der Waals surface area contributed by atoms with Crippen molar-refractivity contribution >= 4 is 17.2 Å². The van der Waals surface area contributed by atoms with Crippen molar-refractivity contribution < 1.29 is 14.4 Å². The summed E-state index contributed by atoms with van der Waals surface area (Å²) in [6.45, 7) is 4.04. The topological polar surface area (TPSA) is 75.4 Å². The van der Waals surface area contributed by atoms with Crippen molar-refractivity contribution in [1.29, 1.82) is 0 Å². The summed E-state index contributed by atoms with van der Waals surface area (Å²) in [6.07, 6.45) is 0.527. The molecular weight excluding hydrogens is 276 g/mol. The highest BCUT2D eigenvalue weighted by Gasteiger charge is 2.19. The lowest BCUT2D eigenvalue weighted by Crippen LogP contribution is -2.39. The molecule has 2 heterocycles. The van der Waals surface area contributed by atoms with Gasteiger partial charge in [0.05, 0.1) is 4.88 Å². The lowest BCUT2D eigenvalue weighted by molar-refractivity contribution is 0.0907. The number of carbonyl (C=O) groups is 1. The fraction of sp³-hybridized carbons (Fsp3) is 0.429. The van der Waals surface area contributed by atoms with Crippen LogP contribution in [0, 0.1) is 5.92 Å². The standard InChI is InChI=1S/C14H18N2O3S/c1-9(2)10(5-6-17)15-14(18)11-8-12(19-16-11)13-4-3-7-20-13/h3-4,7-10,17H,5-6H2,1-2H3,(H,15,18). The number of hydrogen-bond acceptors (Lipinski definition) is 5. The second-order valence-corrected chi connectivity index (χ2v) is 5.84. The van der Waals surface area contributed by atoms with Gasteiger partial charge in [-0.3, -0.25) is 4.79 Å². The molecule has 1 atom stereocenters. The molecule has 0 saturated carbocycles. The summed E-state index contributed by atoms with van der Waals surface area (Å²) < 4.78 is 5.18. The van der Waals surface area contributed by atoms with Gasteiger partial charge >= 0.3 is 0 Å². The summed E-state index contributed by atoms with van der Waals surface area (Å²) in [4.78, 5) is 13.0. The summed E-state index contributed by atoms with van der Waals surface area (Å²) in [6, 6.07) is 5.39. The van der Waals surface area contributed by atoms with Crippen molar-refractivity contribution in [2.24, 2.45) is 5.92 Å². The lowest BCUT2D eigenvalue weighted by Gasteiger charge is -2.20. The van der Waals surface area contributed by atoms with Gasteiger partial charge in [-0.05, 0) is 23.8 Å². The number of amides is 1. The summed E-state index contributed by atoms with van der Waals surface area (Å²) >= 11 is 1.53. The molecular formula is C14H18N2O3S. The number of carbonyl (C=O) groups excluding carboxylic acids is 1. The van der Waals surface area contributed by atoms with Crippen LogP contribution in [0.1, 0.15) is 30.8 Å². The normalized spacial score (nSPS) is 12.6. The van der Waals surface area contributed by atoms with Crippen molar-refractivity contribution in [2.45, 2.75) is 26.3 Å². The van der Waals surface area contributed by atoms with Crippen LogP contribution in [0.15, 0.2) is 28.1 Å². The van der Waals surface area contributed by atoms with Crippen LogP contribution in [0.3, 0.4) is 0 Å². The Morgan fingerprint density at radius 1 is 1.55 bits per heavy atom. The molecule has 0 bridgehead atoms. The molecule has 0 spiro atoms. The molecule has 0 radical (unpaired) electrons. The molecule has 5 nitrogen and oxygen atoms in total. The molecule has 2 rings (SSSR count). The molecule has 6 heteroatoms. The Morgan fingerprint density at radius 3 is 2.95 bits per heavy atom. The van der Waals surface area contributed by atoms with E-state index in [2.05, 4.69) is 10.5 Å². The molecule has 1 unspecified atom stereocenters. The van der Waals surface area contributed by atoms with Crippen LogP contribution >= 0.6 is 11.3 Å². The fourth-order valence-electron chi connectivity index (χ4n) is 1.87. The first-order valence-corrected chi connectivity index (χ1v) is 7.42. The minimum absolute atomic E-state index is 0.0440. The van der Waals surface area contributed by atoms with E-state index in [1.807, 2.05) is 31.4 Å². The molecule has 2 aromatic rings. The highest BCUT2D eigenvalue weighted by atomic mass is 32.1. The van der Waals surface area contributed by atoms with Gasteiger partial charge in [-0.2, -0.15) is 0 Å². The van der Waals surface area contributed by atoms with Crippen LogP contribution in [0.5, 0.6) is 0 Å². The molecule has 0 aliphatic heterocycles. The van der Waals surface area contributed by atoms with E-state index in [0.717, 1.165) is 4.88 Å². The Kier molecular flexibility index (Phi) is 4.92. The number of aliphatic hydroxyl groups excluding tert-OH is 1. The van der Waals surface area contributed by atoms with Crippen LogP contribution in [0.25, 0.3) is 10.6 Å². The summed E-state index contributed by atoms with van der Waals surface area (Å²) in [7, 11) is 0. The average molecular weight is 294 g/mol. The van der Waals surface area contributed by atoms with E-state index in [0.29, 0.717) is 12.2 Å². The van der Waals surface area contributed by atoms with E-state index in [-0.39, 0.29) is 30.2 Å². The average Bonchev–Trinajstić information content (AvgIpc) is 3.08. The molecule has 0 saturated heterocycles. The maximum atomic E-state index is 12.1. The smallest absolute Gasteiger partial charge is 0.273 e. The second-order valence-electron chi connectivity index (χ2n) is 4.89. The molecule has 0 aliphatic carbocycles. The number of aromatic nitrogens is 1. The summed E-state index contributed by atoms with van der Waals surface area (Å²) in [5, 5.41) is 17.6. The second kappa shape index (κ2) is 6.67. The largest absolute Gasteiger partial charge is 0.396 e. The van der Waals surface area contributed by atoms with Gasteiger partial charge in [0.1, 0.15) is 0 Å². The molecule has 20 heavy (non-hydrogen) atoms. The van der Waals surface area contributed by atoms with Crippen LogP contribution in [0.4, 0.5) is 0 Å². The lowest BCUT2D eigenvalue weighted by atomic mass is 10.0. The zero-order valence-corrected chi connectivity index (χ0v) is 12.3. The first-order valence-electron chi connectivity index (χ1n) is 6.54. The first kappa shape index (κ1) is 14.7. The predicted molar refractivity (Wildman–Crippen MR) is 77.6 cm³/mol. The van der Waals surface area contributed by atoms with Gasteiger partial charge in [0.2, 0.25) is 0 Å². The third-order valence-corrected chi connectivity index (χ3v) is 3.95. The molecule has 1 amide bonds. The third kappa shape index (κ3) is 3.46. The highest BCUT2D eigenvalue weighted by molar-refractivity contribution is 7.13. The van der Waals surface area contributed by atoms with E-state index in [4.69, 9.17) is 9.63 Å². The van der Waals surface area contributed by atoms with E-state index in [1.54, 1.807) is 6.07 Å². The number of rotatable bonds is 6. The zero-order chi connectivity index (χ0) is 14.5. The SMILES string of the molecule is CC(C)C(CCO)NC(=O)c1cc(-c2cccs2)on1. The van der Waals surface area contributed by atoms with E-state index in [9.17, 15) is 4.79 Å². The minimum Gasteiger partial charge on any atom is -0.396 e. The van der Waals surface area contributed by atoms with Gasteiger partial charge in [0, 0.05) is 18.7 Å². The number of thiophene rings is 1. The zero-order valence-electron chi connectivity index (χ0n) is 11.5. The van der Waals surface area contributed by atoms with Crippen molar-refractivity contribution in [3.63, 3.8) is 0 Å². The van der Waals surface area contributed by atoms with Gasteiger partial charge < -0.3 is 14.9 Å². The predicted octanol–water partition coefficient (Wildman–Crippen LogP) is 2.54. The van der Waals surface area contributed by atoms with E-state index < -0.39 is 0 Å². The minimum atomic E-state index is -0.274. The Balaban J connectivity index is 2.06. The van der Waals surface area contributed by atoms with Crippen molar-refractivity contribution in [3.05, 3.63) is 29.3 Å². The maximum absolute atomic E-state index is 12.1. The van der Waals surface area contributed by atoms with Gasteiger partial charge in [-0.25, -0.2) is 0 Å². The molecule has 0 aliphatic rings. The Hall–Kier alpha value is -1.66. The molecule has 2 aromatic heterocycles. The molecule has 108 valence electrons. The van der Waals surface area contributed by atoms with Crippen molar-refractivity contribution in [1.82, 2.24) is 10.5 Å². The number of nitrogens with zero attached hydrogens (tertiary/aromatic N) is 1. The first-order chi connectivity index (χ1) is 9.61. The number of aliphatic hydroxyl groups is 1. The number of hydrogen-bond donors (Lipinski definition) is 2. The Bertz CT molecular complexity index is 549. The Labute approximate surface area is 121 Å². The Morgan fingerprint density at radius 2 is 2.35 bits per heavy atom. The highest BCUT2D eigenvalue weighted by Crippen LogP contribution is 2.25. The van der Waals surface area contributed by atoms with Gasteiger partial charge in [-0.15, -0.1) is 11.3 Å². The van der Waals surface area contributed by atoms with Crippen molar-refractivity contribution in [2.75, 3.05) is 6.61 Å². The van der Waals surface area contributed by atoms with Crippen LogP contribution in [-0.2, 0) is 0 Å². The van der Waals surface area contributed by atoms with E-state index >= 15 is 0 Å². The number of nitrogens with one attached hydrogen (secondary N) is 1. The molecule has 0 aromatic carbocycles. The van der Waals surface area contributed by atoms with Crippen molar-refractivity contribution in [3.8, 4) is 10.6 Å². The quantitative estimate of drug-likeness (QED) is 0.858. The van der Waals surface area contributed by atoms with Gasteiger partial charge in [0.15, 0.2) is 11.5 Å². The van der Waals surface area contributed by atoms with E-state index in [1.165, 1.54) is 11.3 Å². The fourth-order valence-corrected chi connectivity index (χ4v) is 2.54. The summed E-state index contributed by atoms with van der Waals surface area (Å²) in [5.41, 5.74) is 0.261. The maximum Gasteiger partial charge on any atom is 0.273 e. The monoisotopic (exact) mass is 294 g/mol. The van der Waals surface area contributed by atoms with Gasteiger partial charge in [0.25, 0.3) is 5.91 Å². The van der Waals surface area contributed by atoms with Gasteiger partial charge in [-0.1, -0.05) is 25.1 Å². The van der Waals surface area contributed by atoms with Crippen LogP contribution in [0.2, 0.25) is 0 Å². The third-order valence-electron chi connectivity index (χ3n) is 3.07.